The van der Waals surface area contributed by atoms with Crippen molar-refractivity contribution in [3.8, 4) is 0 Å². The predicted molar refractivity (Wildman–Crippen MR) is 53.6 cm³/mol. The van der Waals surface area contributed by atoms with E-state index in [4.69, 9.17) is 5.11 Å². The minimum atomic E-state index is -4.60. The fraction of sp³-hybridized carbons (Fsp3) is 0.600. The Morgan fingerprint density at radius 3 is 2.71 bits per heavy atom. The molecule has 0 saturated heterocycles. The molecule has 1 atom stereocenters. The number of rotatable bonds is 5. The molecule has 1 N–H and O–H groups in total. The van der Waals surface area contributed by atoms with Gasteiger partial charge in [-0.05, 0) is 6.42 Å². The summed E-state index contributed by atoms with van der Waals surface area (Å²) in [4.78, 5) is 14.3. The van der Waals surface area contributed by atoms with Gasteiger partial charge in [0.05, 0.1) is 6.42 Å². The van der Waals surface area contributed by atoms with Gasteiger partial charge in [-0.15, -0.1) is 0 Å². The van der Waals surface area contributed by atoms with Crippen molar-refractivity contribution in [2.45, 2.75) is 38.4 Å². The van der Waals surface area contributed by atoms with E-state index in [2.05, 4.69) is 4.98 Å². The molecule has 0 spiro atoms. The second kappa shape index (κ2) is 5.20. The summed E-state index contributed by atoms with van der Waals surface area (Å²) in [7, 11) is 0. The van der Waals surface area contributed by atoms with Gasteiger partial charge >= 0.3 is 12.1 Å². The van der Waals surface area contributed by atoms with Gasteiger partial charge in [-0.25, -0.2) is 4.98 Å². The molecule has 1 heterocycles. The zero-order valence-electron chi connectivity index (χ0n) is 9.24. The van der Waals surface area contributed by atoms with Crippen molar-refractivity contribution in [3.63, 3.8) is 0 Å². The predicted octanol–water partition coefficient (Wildman–Crippen LogP) is 2.41. The Hall–Kier alpha value is -1.53. The molecule has 1 aromatic rings. The number of alkyl halides is 3. The van der Waals surface area contributed by atoms with Crippen molar-refractivity contribution in [2.24, 2.45) is 0 Å². The van der Waals surface area contributed by atoms with Gasteiger partial charge < -0.3 is 9.67 Å². The van der Waals surface area contributed by atoms with Gasteiger partial charge in [0.25, 0.3) is 0 Å². The van der Waals surface area contributed by atoms with E-state index in [1.54, 1.807) is 0 Å². The Morgan fingerprint density at radius 2 is 2.24 bits per heavy atom. The molecule has 4 nitrogen and oxygen atoms in total. The van der Waals surface area contributed by atoms with Crippen LogP contribution in [0, 0.1) is 0 Å². The summed E-state index contributed by atoms with van der Waals surface area (Å²) in [6.07, 6.45) is -2.12. The van der Waals surface area contributed by atoms with Crippen LogP contribution in [0.3, 0.4) is 0 Å². The van der Waals surface area contributed by atoms with Crippen LogP contribution < -0.4 is 0 Å². The number of halogens is 3. The molecule has 0 aromatic carbocycles. The molecule has 7 heteroatoms. The number of hydrogen-bond acceptors (Lipinski definition) is 2. The fourth-order valence-electron chi connectivity index (χ4n) is 1.58. The van der Waals surface area contributed by atoms with Gasteiger partial charge in [-0.1, -0.05) is 6.92 Å². The Bertz CT molecular complexity index is 387. The summed E-state index contributed by atoms with van der Waals surface area (Å²) in [5.41, 5.74) is 0. The number of nitrogens with zero attached hydrogens (tertiary/aromatic N) is 2. The number of aliphatic carboxylic acids is 1. The van der Waals surface area contributed by atoms with E-state index in [-0.39, 0.29) is 5.82 Å². The maximum Gasteiger partial charge on any atom is 0.409 e. The van der Waals surface area contributed by atoms with E-state index >= 15 is 0 Å². The highest BCUT2D eigenvalue weighted by molar-refractivity contribution is 5.67. The van der Waals surface area contributed by atoms with Crippen LogP contribution >= 0.6 is 0 Å². The minimum Gasteiger partial charge on any atom is -0.481 e. The zero-order valence-corrected chi connectivity index (χ0v) is 9.24. The number of hydrogen-bond donors (Lipinski definition) is 1. The molecule has 0 amide bonds. The summed E-state index contributed by atoms with van der Waals surface area (Å²) < 4.78 is 39.2. The smallest absolute Gasteiger partial charge is 0.409 e. The Balaban J connectivity index is 3.04. The number of carboxylic acid groups (broad SMARTS) is 1. The summed E-state index contributed by atoms with van der Waals surface area (Å²) in [5, 5.41) is 8.53. The zero-order chi connectivity index (χ0) is 13.1. The maximum absolute atomic E-state index is 12.8. The number of aromatic nitrogens is 2. The first-order valence-corrected chi connectivity index (χ1v) is 5.16. The Morgan fingerprint density at radius 1 is 1.59 bits per heavy atom. The van der Waals surface area contributed by atoms with E-state index in [1.807, 2.05) is 6.92 Å². The van der Waals surface area contributed by atoms with Crippen LogP contribution in [0.2, 0.25) is 0 Å². The maximum atomic E-state index is 12.8. The lowest BCUT2D eigenvalue weighted by Crippen LogP contribution is -2.29. The largest absolute Gasteiger partial charge is 0.481 e. The highest BCUT2D eigenvalue weighted by Crippen LogP contribution is 2.34. The number of carbonyl (C=O) groups is 1. The van der Waals surface area contributed by atoms with Crippen LogP contribution in [0.15, 0.2) is 12.4 Å². The first kappa shape index (κ1) is 13.5. The Labute approximate surface area is 96.1 Å². The monoisotopic (exact) mass is 250 g/mol. The summed E-state index contributed by atoms with van der Waals surface area (Å²) in [6.45, 7) is 1.82. The molecular weight excluding hydrogens is 237 g/mol. The molecule has 0 radical (unpaired) electrons. The lowest BCUT2D eigenvalue weighted by Gasteiger charge is -2.21. The van der Waals surface area contributed by atoms with E-state index in [0.717, 1.165) is 4.57 Å². The lowest BCUT2D eigenvalue weighted by molar-refractivity contribution is -0.177. The standard InChI is InChI=1S/C10H13F3N2O2/c1-2-3-8-14-4-5-15(8)7(6-9(16)17)10(11,12)13/h4-5,7H,2-3,6H2,1H3,(H,16,17). The molecule has 0 saturated carbocycles. The number of aryl methyl sites for hydroxylation is 1. The summed E-state index contributed by atoms with van der Waals surface area (Å²) >= 11 is 0. The summed E-state index contributed by atoms with van der Waals surface area (Å²) in [5.74, 6) is -1.22. The van der Waals surface area contributed by atoms with Gasteiger partial charge in [-0.2, -0.15) is 13.2 Å². The molecule has 96 valence electrons. The van der Waals surface area contributed by atoms with Crippen molar-refractivity contribution < 1.29 is 23.1 Å². The number of imidazole rings is 1. The average Bonchev–Trinajstić information content (AvgIpc) is 2.61. The highest BCUT2D eigenvalue weighted by atomic mass is 19.4. The molecule has 0 fully saturated rings. The topological polar surface area (TPSA) is 55.1 Å². The van der Waals surface area contributed by atoms with Crippen molar-refractivity contribution in [1.82, 2.24) is 9.55 Å². The van der Waals surface area contributed by atoms with E-state index in [0.29, 0.717) is 12.8 Å². The van der Waals surface area contributed by atoms with E-state index in [1.165, 1.54) is 12.4 Å². The van der Waals surface area contributed by atoms with E-state index < -0.39 is 24.6 Å². The molecule has 1 rings (SSSR count). The highest BCUT2D eigenvalue weighted by Gasteiger charge is 2.43. The third kappa shape index (κ3) is 3.47. The van der Waals surface area contributed by atoms with Crippen LogP contribution in [0.25, 0.3) is 0 Å². The second-order valence-corrected chi connectivity index (χ2v) is 3.66. The molecule has 0 aliphatic carbocycles. The van der Waals surface area contributed by atoms with Gasteiger partial charge in [-0.3, -0.25) is 4.79 Å². The van der Waals surface area contributed by atoms with Crippen LogP contribution in [0.5, 0.6) is 0 Å². The van der Waals surface area contributed by atoms with Crippen molar-refractivity contribution in [3.05, 3.63) is 18.2 Å². The molecular formula is C10H13F3N2O2. The number of carboxylic acids is 1. The van der Waals surface area contributed by atoms with Gasteiger partial charge in [0.2, 0.25) is 0 Å². The molecule has 0 aliphatic rings. The van der Waals surface area contributed by atoms with Gasteiger partial charge in [0.1, 0.15) is 11.9 Å². The minimum absolute atomic E-state index is 0.260. The first-order chi connectivity index (χ1) is 7.86. The normalized spacial score (nSPS) is 13.6. The molecule has 1 aromatic heterocycles. The van der Waals surface area contributed by atoms with E-state index in [9.17, 15) is 18.0 Å². The lowest BCUT2D eigenvalue weighted by atomic mass is 10.2. The van der Waals surface area contributed by atoms with Gasteiger partial charge in [0, 0.05) is 18.8 Å². The van der Waals surface area contributed by atoms with Crippen LogP contribution in [0.1, 0.15) is 31.6 Å². The molecule has 0 bridgehead atoms. The molecule has 17 heavy (non-hydrogen) atoms. The second-order valence-electron chi connectivity index (χ2n) is 3.66. The van der Waals surface area contributed by atoms with Crippen molar-refractivity contribution >= 4 is 5.97 Å². The average molecular weight is 250 g/mol. The van der Waals surface area contributed by atoms with Crippen molar-refractivity contribution in [2.75, 3.05) is 0 Å². The SMILES string of the molecule is CCCc1nccn1C(CC(=O)O)C(F)(F)F. The van der Waals surface area contributed by atoms with Crippen LogP contribution in [-0.4, -0.2) is 26.8 Å². The Kier molecular flexibility index (Phi) is 4.14. The quantitative estimate of drug-likeness (QED) is 0.873. The fourth-order valence-corrected chi connectivity index (χ4v) is 1.58. The first-order valence-electron chi connectivity index (χ1n) is 5.16. The third-order valence-corrected chi connectivity index (χ3v) is 2.30. The summed E-state index contributed by atoms with van der Waals surface area (Å²) in [6, 6.07) is -2.05. The molecule has 1 unspecified atom stereocenters. The van der Waals surface area contributed by atoms with Gasteiger partial charge in [0.15, 0.2) is 0 Å². The van der Waals surface area contributed by atoms with Crippen LogP contribution in [0.4, 0.5) is 13.2 Å². The van der Waals surface area contributed by atoms with Crippen molar-refractivity contribution in [1.29, 1.82) is 0 Å². The third-order valence-electron chi connectivity index (χ3n) is 2.30. The van der Waals surface area contributed by atoms with Crippen LogP contribution in [-0.2, 0) is 11.2 Å². The molecule has 0 aliphatic heterocycles.